The summed E-state index contributed by atoms with van der Waals surface area (Å²) in [7, 11) is 1.41. The number of benzene rings is 1. The molecular formula is C11H12BrNO4. The highest BCUT2D eigenvalue weighted by molar-refractivity contribution is 9.10. The number of hydrogen-bond donors (Lipinski definition) is 2. The first-order valence-corrected chi connectivity index (χ1v) is 5.62. The standard InChI is InChI=1S/C11H12BrNO4/c1-6(17-2)10(14)13-9-7(11(15)16)4-3-5-8(9)12/h3-6H,1-2H3,(H,13,14)(H,15,16). The van der Waals surface area contributed by atoms with Crippen LogP contribution < -0.4 is 5.32 Å². The number of carbonyl (C=O) groups excluding carboxylic acids is 1. The van der Waals surface area contributed by atoms with E-state index in [1.807, 2.05) is 0 Å². The van der Waals surface area contributed by atoms with Crippen LogP contribution in [-0.2, 0) is 9.53 Å². The number of nitrogens with one attached hydrogen (secondary N) is 1. The van der Waals surface area contributed by atoms with Crippen LogP contribution in [0.2, 0.25) is 0 Å². The van der Waals surface area contributed by atoms with E-state index < -0.39 is 18.0 Å². The number of carboxylic acid groups (broad SMARTS) is 1. The summed E-state index contributed by atoms with van der Waals surface area (Å²) in [4.78, 5) is 22.6. The number of carboxylic acids is 1. The van der Waals surface area contributed by atoms with Crippen LogP contribution in [0.4, 0.5) is 5.69 Å². The van der Waals surface area contributed by atoms with Gasteiger partial charge >= 0.3 is 5.97 Å². The third-order valence-corrected chi connectivity index (χ3v) is 2.88. The van der Waals surface area contributed by atoms with Gasteiger partial charge < -0.3 is 15.2 Å². The molecular weight excluding hydrogens is 290 g/mol. The van der Waals surface area contributed by atoms with Gasteiger partial charge in [-0.3, -0.25) is 4.79 Å². The van der Waals surface area contributed by atoms with Crippen molar-refractivity contribution in [3.63, 3.8) is 0 Å². The number of hydrogen-bond acceptors (Lipinski definition) is 3. The summed E-state index contributed by atoms with van der Waals surface area (Å²) in [5.74, 6) is -1.51. The Morgan fingerprint density at radius 3 is 2.65 bits per heavy atom. The summed E-state index contributed by atoms with van der Waals surface area (Å²) in [6, 6.07) is 4.66. The maximum Gasteiger partial charge on any atom is 0.337 e. The lowest BCUT2D eigenvalue weighted by atomic mass is 10.1. The Morgan fingerprint density at radius 2 is 2.12 bits per heavy atom. The molecule has 0 bridgehead atoms. The average molecular weight is 302 g/mol. The number of rotatable bonds is 4. The number of aromatic carboxylic acids is 1. The quantitative estimate of drug-likeness (QED) is 0.893. The van der Waals surface area contributed by atoms with E-state index in [9.17, 15) is 9.59 Å². The Bertz CT molecular complexity index is 447. The van der Waals surface area contributed by atoms with Crippen molar-refractivity contribution in [2.75, 3.05) is 12.4 Å². The molecule has 0 saturated heterocycles. The SMILES string of the molecule is COC(C)C(=O)Nc1c(Br)cccc1C(=O)O. The zero-order chi connectivity index (χ0) is 13.0. The van der Waals surface area contributed by atoms with Gasteiger partial charge in [0.2, 0.25) is 0 Å². The van der Waals surface area contributed by atoms with Crippen molar-refractivity contribution in [3.05, 3.63) is 28.2 Å². The van der Waals surface area contributed by atoms with Crippen LogP contribution in [0.25, 0.3) is 0 Å². The van der Waals surface area contributed by atoms with Gasteiger partial charge in [0.1, 0.15) is 6.10 Å². The molecule has 92 valence electrons. The second-order valence-electron chi connectivity index (χ2n) is 3.33. The summed E-state index contributed by atoms with van der Waals surface area (Å²) in [5.41, 5.74) is 0.255. The number of ether oxygens (including phenoxy) is 1. The van der Waals surface area contributed by atoms with E-state index in [0.717, 1.165) is 0 Å². The Balaban J connectivity index is 3.05. The van der Waals surface area contributed by atoms with Gasteiger partial charge in [-0.05, 0) is 35.0 Å². The van der Waals surface area contributed by atoms with Gasteiger partial charge in [0.05, 0.1) is 11.3 Å². The minimum Gasteiger partial charge on any atom is -0.478 e. The first-order valence-electron chi connectivity index (χ1n) is 4.82. The number of halogens is 1. The first-order chi connectivity index (χ1) is 7.97. The molecule has 0 spiro atoms. The molecule has 2 N–H and O–H groups in total. The van der Waals surface area contributed by atoms with Crippen molar-refractivity contribution in [1.29, 1.82) is 0 Å². The molecule has 0 aromatic heterocycles. The topological polar surface area (TPSA) is 75.6 Å². The molecule has 1 unspecified atom stereocenters. The van der Waals surface area contributed by atoms with Crippen molar-refractivity contribution in [2.24, 2.45) is 0 Å². The van der Waals surface area contributed by atoms with Crippen LogP contribution in [0.1, 0.15) is 17.3 Å². The Hall–Kier alpha value is -1.40. The van der Waals surface area contributed by atoms with E-state index in [2.05, 4.69) is 21.2 Å². The second kappa shape index (κ2) is 5.79. The molecule has 1 aromatic carbocycles. The molecule has 0 aliphatic rings. The third kappa shape index (κ3) is 3.28. The molecule has 0 aliphatic carbocycles. The van der Waals surface area contributed by atoms with Gasteiger partial charge in [-0.1, -0.05) is 6.07 Å². The monoisotopic (exact) mass is 301 g/mol. The minimum absolute atomic E-state index is 0.0241. The van der Waals surface area contributed by atoms with Crippen LogP contribution in [0.15, 0.2) is 22.7 Å². The van der Waals surface area contributed by atoms with Gasteiger partial charge in [0.25, 0.3) is 5.91 Å². The molecule has 17 heavy (non-hydrogen) atoms. The van der Waals surface area contributed by atoms with E-state index >= 15 is 0 Å². The maximum absolute atomic E-state index is 11.6. The molecule has 0 aliphatic heterocycles. The highest BCUT2D eigenvalue weighted by Crippen LogP contribution is 2.26. The van der Waals surface area contributed by atoms with Crippen molar-refractivity contribution in [1.82, 2.24) is 0 Å². The smallest absolute Gasteiger partial charge is 0.337 e. The van der Waals surface area contributed by atoms with Crippen molar-refractivity contribution >= 4 is 33.5 Å². The fourth-order valence-electron chi connectivity index (χ4n) is 1.16. The van der Waals surface area contributed by atoms with Crippen LogP contribution in [0, 0.1) is 0 Å². The molecule has 1 atom stereocenters. The number of methoxy groups -OCH3 is 1. The predicted octanol–water partition coefficient (Wildman–Crippen LogP) is 2.12. The lowest BCUT2D eigenvalue weighted by Gasteiger charge is -2.13. The van der Waals surface area contributed by atoms with Crippen LogP contribution in [-0.4, -0.2) is 30.2 Å². The van der Waals surface area contributed by atoms with E-state index in [-0.39, 0.29) is 11.3 Å². The van der Waals surface area contributed by atoms with E-state index in [4.69, 9.17) is 9.84 Å². The van der Waals surface area contributed by atoms with E-state index in [0.29, 0.717) is 4.47 Å². The highest BCUT2D eigenvalue weighted by atomic mass is 79.9. The van der Waals surface area contributed by atoms with Gasteiger partial charge in [0.15, 0.2) is 0 Å². The van der Waals surface area contributed by atoms with Crippen molar-refractivity contribution < 1.29 is 19.4 Å². The summed E-state index contributed by atoms with van der Waals surface area (Å²) in [5, 5.41) is 11.5. The summed E-state index contributed by atoms with van der Waals surface area (Å²) < 4.78 is 5.36. The number of carbonyl (C=O) groups is 2. The lowest BCUT2D eigenvalue weighted by molar-refractivity contribution is -0.124. The summed E-state index contributed by atoms with van der Waals surface area (Å²) in [6.45, 7) is 1.58. The molecule has 0 fully saturated rings. The Morgan fingerprint density at radius 1 is 1.47 bits per heavy atom. The Labute approximate surface area is 107 Å². The van der Waals surface area contributed by atoms with Crippen molar-refractivity contribution in [2.45, 2.75) is 13.0 Å². The highest BCUT2D eigenvalue weighted by Gasteiger charge is 2.18. The molecule has 0 radical (unpaired) electrons. The van der Waals surface area contributed by atoms with Gasteiger partial charge in [0, 0.05) is 11.6 Å². The fraction of sp³-hybridized carbons (Fsp3) is 0.273. The lowest BCUT2D eigenvalue weighted by Crippen LogP contribution is -2.27. The third-order valence-electron chi connectivity index (χ3n) is 2.21. The molecule has 1 rings (SSSR count). The van der Waals surface area contributed by atoms with Crippen molar-refractivity contribution in [3.8, 4) is 0 Å². The first kappa shape index (κ1) is 13.7. The largest absolute Gasteiger partial charge is 0.478 e. The minimum atomic E-state index is -1.10. The zero-order valence-electron chi connectivity index (χ0n) is 9.36. The molecule has 0 saturated carbocycles. The second-order valence-corrected chi connectivity index (χ2v) is 4.19. The predicted molar refractivity (Wildman–Crippen MR) is 66.2 cm³/mol. The van der Waals surface area contributed by atoms with Crippen LogP contribution in [0.3, 0.4) is 0 Å². The molecule has 6 heteroatoms. The number of anilines is 1. The fourth-order valence-corrected chi connectivity index (χ4v) is 1.63. The summed E-state index contributed by atoms with van der Waals surface area (Å²) in [6.07, 6.45) is -0.649. The average Bonchev–Trinajstić information content (AvgIpc) is 2.30. The molecule has 5 nitrogen and oxygen atoms in total. The molecule has 1 aromatic rings. The number of para-hydroxylation sites is 1. The van der Waals surface area contributed by atoms with Gasteiger partial charge in [-0.25, -0.2) is 4.79 Å². The van der Waals surface area contributed by atoms with Gasteiger partial charge in [-0.2, -0.15) is 0 Å². The molecule has 0 heterocycles. The maximum atomic E-state index is 11.6. The Kier molecular flexibility index (Phi) is 4.65. The van der Waals surface area contributed by atoms with E-state index in [1.54, 1.807) is 19.1 Å². The number of amides is 1. The van der Waals surface area contributed by atoms with E-state index in [1.165, 1.54) is 13.2 Å². The zero-order valence-corrected chi connectivity index (χ0v) is 10.9. The summed E-state index contributed by atoms with van der Waals surface area (Å²) >= 11 is 3.20. The van der Waals surface area contributed by atoms with Crippen LogP contribution >= 0.6 is 15.9 Å². The normalized spacial score (nSPS) is 11.9. The van der Waals surface area contributed by atoms with Crippen LogP contribution in [0.5, 0.6) is 0 Å². The van der Waals surface area contributed by atoms with Gasteiger partial charge in [-0.15, -0.1) is 0 Å². The molecule has 1 amide bonds.